The summed E-state index contributed by atoms with van der Waals surface area (Å²) in [7, 11) is 0. The summed E-state index contributed by atoms with van der Waals surface area (Å²) in [6.45, 7) is 6.26. The molecule has 4 aromatic rings. The summed E-state index contributed by atoms with van der Waals surface area (Å²) >= 11 is 5.91. The van der Waals surface area contributed by atoms with E-state index < -0.39 is 11.6 Å². The largest absolute Gasteiger partial charge is 0.358 e. The van der Waals surface area contributed by atoms with Gasteiger partial charge in [-0.25, -0.2) is 8.78 Å². The SMILES string of the molecule is Cc1[nH]c2cc3c(cc2c1C)-c1ccnc(c1)C(N1CCC(c2c(F)ccc(Cl)c2F)=CC1=O)CCCC(C)C(=O)N3. The summed E-state index contributed by atoms with van der Waals surface area (Å²) in [5.74, 6) is -2.26. The number of nitrogens with one attached hydrogen (secondary N) is 2. The average molecular weight is 589 g/mol. The Morgan fingerprint density at radius 1 is 1.07 bits per heavy atom. The molecule has 9 heteroatoms. The van der Waals surface area contributed by atoms with Gasteiger partial charge in [0.25, 0.3) is 0 Å². The second-order valence-corrected chi connectivity index (χ2v) is 11.7. The van der Waals surface area contributed by atoms with E-state index in [1.807, 2.05) is 32.0 Å². The van der Waals surface area contributed by atoms with Crippen LogP contribution in [0, 0.1) is 31.4 Å². The number of carbonyl (C=O) groups excluding carboxylic acids is 2. The number of rotatable bonds is 2. The van der Waals surface area contributed by atoms with Crippen LogP contribution in [0.3, 0.4) is 0 Å². The molecule has 0 saturated carbocycles. The molecule has 2 aliphatic rings. The first-order chi connectivity index (χ1) is 20.1. The molecule has 216 valence electrons. The van der Waals surface area contributed by atoms with E-state index in [2.05, 4.69) is 23.3 Å². The molecule has 6 rings (SSSR count). The topological polar surface area (TPSA) is 78.1 Å². The lowest BCUT2D eigenvalue weighted by atomic mass is 9.92. The minimum atomic E-state index is -0.863. The van der Waals surface area contributed by atoms with E-state index in [0.29, 0.717) is 24.9 Å². The number of pyridine rings is 1. The van der Waals surface area contributed by atoms with Crippen molar-refractivity contribution in [2.45, 2.75) is 52.5 Å². The first-order valence-electron chi connectivity index (χ1n) is 14.2. The highest BCUT2D eigenvalue weighted by atomic mass is 35.5. The van der Waals surface area contributed by atoms with Crippen LogP contribution in [0.15, 0.2) is 48.7 Å². The summed E-state index contributed by atoms with van der Waals surface area (Å²) in [6.07, 6.45) is 5.20. The molecule has 2 aromatic heterocycles. The van der Waals surface area contributed by atoms with Gasteiger partial charge < -0.3 is 15.2 Å². The maximum atomic E-state index is 14.8. The van der Waals surface area contributed by atoms with Crippen molar-refractivity contribution in [3.8, 4) is 11.1 Å². The third kappa shape index (κ3) is 4.98. The van der Waals surface area contributed by atoms with Gasteiger partial charge in [0.1, 0.15) is 5.82 Å². The molecule has 6 nitrogen and oxygen atoms in total. The molecule has 2 atom stereocenters. The van der Waals surface area contributed by atoms with Gasteiger partial charge in [0.15, 0.2) is 5.82 Å². The van der Waals surface area contributed by atoms with E-state index in [9.17, 15) is 18.4 Å². The van der Waals surface area contributed by atoms with Crippen molar-refractivity contribution in [3.05, 3.63) is 87.8 Å². The molecule has 0 spiro atoms. The first kappa shape index (κ1) is 28.1. The fourth-order valence-corrected chi connectivity index (χ4v) is 6.26. The number of hydrogen-bond acceptors (Lipinski definition) is 3. The van der Waals surface area contributed by atoms with Crippen LogP contribution in [0.5, 0.6) is 0 Å². The maximum absolute atomic E-state index is 14.8. The molecular weight excluding hydrogens is 558 g/mol. The molecule has 0 fully saturated rings. The number of hydrogen-bond donors (Lipinski definition) is 2. The zero-order valence-electron chi connectivity index (χ0n) is 23.7. The number of aryl methyl sites for hydroxylation is 2. The molecule has 0 saturated heterocycles. The second kappa shape index (κ2) is 11.0. The van der Waals surface area contributed by atoms with Gasteiger partial charge in [0.05, 0.1) is 28.0 Å². The summed E-state index contributed by atoms with van der Waals surface area (Å²) in [5, 5.41) is 4.03. The van der Waals surface area contributed by atoms with E-state index in [1.165, 1.54) is 12.1 Å². The molecule has 0 aliphatic carbocycles. The third-order valence-electron chi connectivity index (χ3n) is 8.64. The van der Waals surface area contributed by atoms with E-state index in [4.69, 9.17) is 16.6 Å². The van der Waals surface area contributed by atoms with Crippen LogP contribution in [0.25, 0.3) is 27.6 Å². The number of benzene rings is 2. The van der Waals surface area contributed by atoms with Crippen molar-refractivity contribution in [2.24, 2.45) is 5.92 Å². The van der Waals surface area contributed by atoms with Gasteiger partial charge in [0, 0.05) is 46.9 Å². The van der Waals surface area contributed by atoms with E-state index in [1.54, 1.807) is 11.1 Å². The van der Waals surface area contributed by atoms with Crippen LogP contribution in [-0.2, 0) is 9.59 Å². The lowest BCUT2D eigenvalue weighted by molar-refractivity contribution is -0.129. The lowest BCUT2D eigenvalue weighted by Crippen LogP contribution is -2.38. The van der Waals surface area contributed by atoms with Crippen molar-refractivity contribution < 1.29 is 18.4 Å². The Bertz CT molecular complexity index is 1780. The fourth-order valence-electron chi connectivity index (χ4n) is 6.10. The van der Waals surface area contributed by atoms with Crippen LogP contribution in [0.2, 0.25) is 5.02 Å². The Labute approximate surface area is 247 Å². The molecule has 2 unspecified atom stereocenters. The average Bonchev–Trinajstić information content (AvgIpc) is 3.24. The summed E-state index contributed by atoms with van der Waals surface area (Å²) in [4.78, 5) is 36.6. The number of H-pyrrole nitrogens is 1. The quantitative estimate of drug-likeness (QED) is 0.234. The van der Waals surface area contributed by atoms with Gasteiger partial charge in [-0.05, 0) is 86.2 Å². The number of amides is 2. The Hall–Kier alpha value is -4.04. The molecule has 0 radical (unpaired) electrons. The van der Waals surface area contributed by atoms with Crippen molar-refractivity contribution >= 4 is 45.6 Å². The number of fused-ring (bicyclic) bond motifs is 5. The van der Waals surface area contributed by atoms with E-state index in [-0.39, 0.29) is 52.9 Å². The zero-order chi connectivity index (χ0) is 29.7. The summed E-state index contributed by atoms with van der Waals surface area (Å²) in [5.41, 5.74) is 6.35. The van der Waals surface area contributed by atoms with Gasteiger partial charge >= 0.3 is 0 Å². The minimum absolute atomic E-state index is 0.0609. The number of aromatic amines is 1. The van der Waals surface area contributed by atoms with Crippen molar-refractivity contribution in [1.29, 1.82) is 0 Å². The predicted molar refractivity (Wildman–Crippen MR) is 161 cm³/mol. The van der Waals surface area contributed by atoms with Crippen LogP contribution < -0.4 is 5.32 Å². The summed E-state index contributed by atoms with van der Waals surface area (Å²) < 4.78 is 29.3. The highest BCUT2D eigenvalue weighted by molar-refractivity contribution is 6.31. The number of aromatic nitrogens is 2. The highest BCUT2D eigenvalue weighted by Crippen LogP contribution is 2.39. The van der Waals surface area contributed by atoms with Crippen LogP contribution in [0.4, 0.5) is 14.5 Å². The molecule has 2 aromatic carbocycles. The molecule has 2 bridgehead atoms. The molecular formula is C33H31ClF2N4O2. The fraction of sp³-hybridized carbons (Fsp3) is 0.303. The normalized spacial score (nSPS) is 19.6. The highest BCUT2D eigenvalue weighted by Gasteiger charge is 2.31. The van der Waals surface area contributed by atoms with Gasteiger partial charge in [-0.3, -0.25) is 14.6 Å². The second-order valence-electron chi connectivity index (χ2n) is 11.3. The lowest BCUT2D eigenvalue weighted by Gasteiger charge is -2.34. The molecule has 42 heavy (non-hydrogen) atoms. The number of anilines is 1. The Morgan fingerprint density at radius 3 is 2.67 bits per heavy atom. The maximum Gasteiger partial charge on any atom is 0.247 e. The van der Waals surface area contributed by atoms with Crippen molar-refractivity contribution in [1.82, 2.24) is 14.9 Å². The zero-order valence-corrected chi connectivity index (χ0v) is 24.4. The predicted octanol–water partition coefficient (Wildman–Crippen LogP) is 7.89. The number of halogens is 3. The van der Waals surface area contributed by atoms with Gasteiger partial charge in [-0.2, -0.15) is 0 Å². The van der Waals surface area contributed by atoms with Crippen molar-refractivity contribution in [3.63, 3.8) is 0 Å². The first-order valence-corrected chi connectivity index (χ1v) is 14.5. The molecule has 2 amide bonds. The summed E-state index contributed by atoms with van der Waals surface area (Å²) in [6, 6.07) is 9.85. The Morgan fingerprint density at radius 2 is 1.88 bits per heavy atom. The van der Waals surface area contributed by atoms with Gasteiger partial charge in [-0.1, -0.05) is 24.9 Å². The monoisotopic (exact) mass is 588 g/mol. The van der Waals surface area contributed by atoms with Gasteiger partial charge in [-0.15, -0.1) is 0 Å². The van der Waals surface area contributed by atoms with Crippen LogP contribution in [-0.4, -0.2) is 33.2 Å². The molecule has 2 aliphatic heterocycles. The number of carbonyl (C=O) groups is 2. The van der Waals surface area contributed by atoms with E-state index in [0.717, 1.165) is 45.0 Å². The van der Waals surface area contributed by atoms with Gasteiger partial charge in [0.2, 0.25) is 11.8 Å². The Kier molecular flexibility index (Phi) is 7.35. The van der Waals surface area contributed by atoms with Crippen molar-refractivity contribution in [2.75, 3.05) is 11.9 Å². The van der Waals surface area contributed by atoms with Crippen LogP contribution in [0.1, 0.15) is 61.2 Å². The standard InChI is InChI=1S/C33H31ClF2N4O2/c1-17-5-4-6-29(40-12-10-21(14-30(40)41)31-25(35)8-7-24(34)32(31)36)28-13-20(9-11-37-28)23-15-22-18(2)19(3)38-26(22)16-27(23)39-33(17)42/h7-9,11,13-17,29,38H,4-6,10,12H2,1-3H3,(H,39,42). The molecule has 4 heterocycles. The third-order valence-corrected chi connectivity index (χ3v) is 8.94. The minimum Gasteiger partial charge on any atom is -0.358 e. The number of nitrogens with zero attached hydrogens (tertiary/aromatic N) is 2. The van der Waals surface area contributed by atoms with E-state index >= 15 is 0 Å². The van der Waals surface area contributed by atoms with Crippen LogP contribution >= 0.6 is 11.6 Å². The smallest absolute Gasteiger partial charge is 0.247 e. The molecule has 2 N–H and O–H groups in total. The Balaban J connectivity index is 1.42.